The number of piperazine rings is 1. The van der Waals surface area contributed by atoms with Crippen molar-refractivity contribution < 1.29 is 13.9 Å². The first-order chi connectivity index (χ1) is 16.5. The molecule has 0 bridgehead atoms. The molecule has 2 saturated heterocycles. The lowest BCUT2D eigenvalue weighted by molar-refractivity contribution is -0.00294. The van der Waals surface area contributed by atoms with Gasteiger partial charge in [-0.15, -0.1) is 0 Å². The van der Waals surface area contributed by atoms with Gasteiger partial charge >= 0.3 is 6.09 Å². The van der Waals surface area contributed by atoms with E-state index in [-0.39, 0.29) is 17.3 Å². The van der Waals surface area contributed by atoms with Gasteiger partial charge in [0.15, 0.2) is 0 Å². The van der Waals surface area contributed by atoms with E-state index in [1.165, 1.54) is 19.0 Å². The Labute approximate surface area is 200 Å². The number of carbonyl (C=O) groups excluding carboxylic acids is 1. The molecular formula is C25H35FN6O2. The van der Waals surface area contributed by atoms with Crippen LogP contribution in [0.5, 0.6) is 0 Å². The minimum absolute atomic E-state index is 0.173. The highest BCUT2D eigenvalue weighted by molar-refractivity contribution is 5.75. The van der Waals surface area contributed by atoms with Crippen LogP contribution in [0, 0.1) is 11.2 Å². The van der Waals surface area contributed by atoms with Crippen LogP contribution >= 0.6 is 0 Å². The number of aromatic nitrogens is 3. The number of ether oxygens (including phenoxy) is 1. The molecule has 1 amide bonds. The molecule has 9 heteroatoms. The van der Waals surface area contributed by atoms with Crippen molar-refractivity contribution in [2.24, 2.45) is 5.41 Å². The van der Waals surface area contributed by atoms with E-state index in [4.69, 9.17) is 4.74 Å². The summed E-state index contributed by atoms with van der Waals surface area (Å²) in [4.78, 5) is 23.2. The van der Waals surface area contributed by atoms with Gasteiger partial charge in [0.2, 0.25) is 0 Å². The number of carbonyl (C=O) groups is 1. The van der Waals surface area contributed by atoms with Crippen molar-refractivity contribution in [3.8, 4) is 11.1 Å². The van der Waals surface area contributed by atoms with Crippen molar-refractivity contribution in [3.05, 3.63) is 30.5 Å². The molecule has 184 valence electrons. The average molecular weight is 471 g/mol. The molecule has 0 unspecified atom stereocenters. The highest BCUT2D eigenvalue weighted by atomic mass is 19.1. The first-order valence-electron chi connectivity index (χ1n) is 12.6. The van der Waals surface area contributed by atoms with Crippen molar-refractivity contribution in [1.82, 2.24) is 24.6 Å². The van der Waals surface area contributed by atoms with Gasteiger partial charge in [0.1, 0.15) is 11.6 Å². The summed E-state index contributed by atoms with van der Waals surface area (Å²) in [7, 11) is 0. The largest absolute Gasteiger partial charge is 0.450 e. The fourth-order valence-corrected chi connectivity index (χ4v) is 5.93. The number of likely N-dealkylation sites (tertiary alicyclic amines) is 1. The zero-order valence-corrected chi connectivity index (χ0v) is 20.2. The van der Waals surface area contributed by atoms with Crippen molar-refractivity contribution in [1.29, 1.82) is 0 Å². The van der Waals surface area contributed by atoms with Crippen LogP contribution in [0.2, 0.25) is 0 Å². The molecule has 0 N–H and O–H groups in total. The van der Waals surface area contributed by atoms with Crippen molar-refractivity contribution >= 4 is 11.9 Å². The van der Waals surface area contributed by atoms with Gasteiger partial charge in [0, 0.05) is 74.6 Å². The standard InChI is InChI=1S/C25H35FN6O2/c1-3-7-32-16-19(14-28-32)22-12-20(26)15-27-23(22)30-10-8-29(9-11-30)21-5-6-25(13-21)17-31(18-25)24(33)34-4-2/h12,14-16,21H,3-11,13,17-18H2,1-2H3/t21-/m1/s1. The number of nitrogens with zero attached hydrogens (tertiary/aromatic N) is 6. The lowest BCUT2D eigenvalue weighted by atomic mass is 9.78. The lowest BCUT2D eigenvalue weighted by Crippen LogP contribution is -2.58. The number of rotatable bonds is 6. The number of hydrogen-bond acceptors (Lipinski definition) is 6. The molecule has 1 atom stereocenters. The fourth-order valence-electron chi connectivity index (χ4n) is 5.93. The smallest absolute Gasteiger partial charge is 0.409 e. The summed E-state index contributed by atoms with van der Waals surface area (Å²) < 4.78 is 21.2. The third-order valence-corrected chi connectivity index (χ3v) is 7.62. The highest BCUT2D eigenvalue weighted by Crippen LogP contribution is 2.47. The maximum absolute atomic E-state index is 14.1. The molecule has 5 rings (SSSR count). The van der Waals surface area contributed by atoms with Gasteiger partial charge in [-0.25, -0.2) is 14.2 Å². The van der Waals surface area contributed by atoms with Gasteiger partial charge in [0.25, 0.3) is 0 Å². The predicted octanol–water partition coefficient (Wildman–Crippen LogP) is 3.63. The summed E-state index contributed by atoms with van der Waals surface area (Å²) in [5.74, 6) is 0.512. The maximum atomic E-state index is 14.1. The molecule has 34 heavy (non-hydrogen) atoms. The Morgan fingerprint density at radius 1 is 1.21 bits per heavy atom. The molecule has 0 aromatic carbocycles. The number of pyridine rings is 1. The summed E-state index contributed by atoms with van der Waals surface area (Å²) in [6.45, 7) is 10.6. The summed E-state index contributed by atoms with van der Waals surface area (Å²) >= 11 is 0. The van der Waals surface area contributed by atoms with E-state index < -0.39 is 0 Å². The molecule has 4 heterocycles. The molecule has 1 aliphatic carbocycles. The van der Waals surface area contributed by atoms with Gasteiger partial charge in [-0.3, -0.25) is 9.58 Å². The fraction of sp³-hybridized carbons (Fsp3) is 0.640. The zero-order valence-electron chi connectivity index (χ0n) is 20.2. The second kappa shape index (κ2) is 9.52. The lowest BCUT2D eigenvalue weighted by Gasteiger charge is -2.48. The van der Waals surface area contributed by atoms with Crippen LogP contribution < -0.4 is 4.90 Å². The number of amides is 1. The second-order valence-corrected chi connectivity index (χ2v) is 9.99. The van der Waals surface area contributed by atoms with Crippen LogP contribution in [0.15, 0.2) is 24.7 Å². The Balaban J connectivity index is 1.20. The summed E-state index contributed by atoms with van der Waals surface area (Å²) in [5.41, 5.74) is 2.00. The number of halogens is 1. The Kier molecular flexibility index (Phi) is 6.46. The number of hydrogen-bond donors (Lipinski definition) is 0. The van der Waals surface area contributed by atoms with Crippen LogP contribution in [0.4, 0.5) is 15.0 Å². The molecular weight excluding hydrogens is 435 g/mol. The van der Waals surface area contributed by atoms with E-state index in [2.05, 4.69) is 26.8 Å². The third-order valence-electron chi connectivity index (χ3n) is 7.62. The first-order valence-corrected chi connectivity index (χ1v) is 12.6. The molecule has 2 aliphatic heterocycles. The van der Waals surface area contributed by atoms with E-state index in [1.54, 1.807) is 6.07 Å². The van der Waals surface area contributed by atoms with Crippen LogP contribution in [0.1, 0.15) is 39.5 Å². The summed E-state index contributed by atoms with van der Waals surface area (Å²) in [5, 5.41) is 4.42. The molecule has 2 aromatic heterocycles. The van der Waals surface area contributed by atoms with Crippen molar-refractivity contribution in [2.45, 2.75) is 52.1 Å². The normalized spacial score (nSPS) is 22.3. The molecule has 8 nitrogen and oxygen atoms in total. The van der Waals surface area contributed by atoms with Gasteiger partial charge in [-0.05, 0) is 38.7 Å². The molecule has 2 aromatic rings. The van der Waals surface area contributed by atoms with Gasteiger partial charge < -0.3 is 14.5 Å². The van der Waals surface area contributed by atoms with Crippen LogP contribution in [0.3, 0.4) is 0 Å². The Morgan fingerprint density at radius 2 is 2.00 bits per heavy atom. The quantitative estimate of drug-likeness (QED) is 0.642. The molecule has 1 saturated carbocycles. The molecule has 3 aliphatic rings. The molecule has 0 radical (unpaired) electrons. The average Bonchev–Trinajstić information content (AvgIpc) is 3.47. The van der Waals surface area contributed by atoms with E-state index >= 15 is 0 Å². The number of aryl methyl sites for hydroxylation is 1. The first kappa shape index (κ1) is 23.1. The van der Waals surface area contributed by atoms with Gasteiger partial charge in [-0.1, -0.05) is 6.92 Å². The van der Waals surface area contributed by atoms with E-state index in [0.29, 0.717) is 12.6 Å². The third kappa shape index (κ3) is 4.50. The van der Waals surface area contributed by atoms with Crippen molar-refractivity contribution in [3.63, 3.8) is 0 Å². The topological polar surface area (TPSA) is 66.7 Å². The molecule has 1 spiro atoms. The minimum atomic E-state index is -0.325. The van der Waals surface area contributed by atoms with Crippen LogP contribution in [-0.2, 0) is 11.3 Å². The van der Waals surface area contributed by atoms with Crippen LogP contribution in [0.25, 0.3) is 11.1 Å². The summed E-state index contributed by atoms with van der Waals surface area (Å²) in [6.07, 6.45) is 9.45. The van der Waals surface area contributed by atoms with E-state index in [1.807, 2.05) is 28.9 Å². The minimum Gasteiger partial charge on any atom is -0.450 e. The highest BCUT2D eigenvalue weighted by Gasteiger charge is 2.51. The van der Waals surface area contributed by atoms with E-state index in [0.717, 1.165) is 75.6 Å². The monoisotopic (exact) mass is 470 g/mol. The number of anilines is 1. The Morgan fingerprint density at radius 3 is 2.74 bits per heavy atom. The van der Waals surface area contributed by atoms with Gasteiger partial charge in [0.05, 0.1) is 19.0 Å². The second-order valence-electron chi connectivity index (χ2n) is 9.99. The maximum Gasteiger partial charge on any atom is 0.409 e. The van der Waals surface area contributed by atoms with Gasteiger partial charge in [-0.2, -0.15) is 5.10 Å². The molecule has 3 fully saturated rings. The van der Waals surface area contributed by atoms with Crippen LogP contribution in [-0.4, -0.2) is 82.6 Å². The van der Waals surface area contributed by atoms with Crippen molar-refractivity contribution in [2.75, 3.05) is 50.8 Å². The Hall–Kier alpha value is -2.68. The Bertz CT molecular complexity index is 1010. The predicted molar refractivity (Wildman–Crippen MR) is 128 cm³/mol. The summed E-state index contributed by atoms with van der Waals surface area (Å²) in [6, 6.07) is 2.15. The van der Waals surface area contributed by atoms with E-state index in [9.17, 15) is 9.18 Å². The SMILES string of the molecule is CCCn1cc(-c2cc(F)cnc2N2CCN([C@@H]3CCC4(C3)CN(C(=O)OCC)C4)CC2)cn1. The zero-order chi connectivity index (χ0) is 23.7.